The third-order valence-corrected chi connectivity index (χ3v) is 11.7. The first kappa shape index (κ1) is 30.1. The predicted molar refractivity (Wildman–Crippen MR) is 176 cm³/mol. The van der Waals surface area contributed by atoms with Gasteiger partial charge in [0.05, 0.1) is 28.3 Å². The number of amides is 1. The highest BCUT2D eigenvalue weighted by Gasteiger charge is 2.55. The molecule has 1 amide bonds. The number of halogens is 2. The van der Waals surface area contributed by atoms with Crippen molar-refractivity contribution in [1.82, 2.24) is 19.6 Å². The first-order valence-corrected chi connectivity index (χ1v) is 16.6. The van der Waals surface area contributed by atoms with Gasteiger partial charge in [0.2, 0.25) is 5.91 Å². The highest BCUT2D eigenvalue weighted by atomic mass is 35.5. The van der Waals surface area contributed by atoms with Gasteiger partial charge in [-0.3, -0.25) is 14.4 Å². The molecule has 8 rings (SSSR count). The average molecular weight is 641 g/mol. The zero-order chi connectivity index (χ0) is 31.1. The van der Waals surface area contributed by atoms with Gasteiger partial charge >= 0.3 is 0 Å². The predicted octanol–water partition coefficient (Wildman–Crippen LogP) is 5.56. The zero-order valence-electron chi connectivity index (χ0n) is 25.9. The SMILES string of the molecule is C=CC(=O)N1CC2(CC(n3nc(N4CCC(CN5CC6CC(C5)O6)CC4(C)C)c(-c4c(Cl)c(Cl)cc(N)c4C=N)c3C)C2)C1. The van der Waals surface area contributed by atoms with E-state index in [4.69, 9.17) is 44.2 Å². The van der Waals surface area contributed by atoms with Crippen LogP contribution >= 0.6 is 23.2 Å². The van der Waals surface area contributed by atoms with E-state index in [1.807, 2.05) is 4.90 Å². The van der Waals surface area contributed by atoms with Crippen molar-refractivity contribution in [3.05, 3.63) is 40.0 Å². The van der Waals surface area contributed by atoms with E-state index in [1.54, 1.807) is 6.07 Å². The second-order valence-corrected chi connectivity index (χ2v) is 15.3. The number of nitrogens with zero attached hydrogens (tertiary/aromatic N) is 5. The molecule has 1 aromatic heterocycles. The quantitative estimate of drug-likeness (QED) is 0.233. The maximum absolute atomic E-state index is 12.1. The van der Waals surface area contributed by atoms with E-state index in [2.05, 4.69) is 41.8 Å². The lowest BCUT2D eigenvalue weighted by Crippen LogP contribution is -2.63. The van der Waals surface area contributed by atoms with E-state index in [1.165, 1.54) is 18.7 Å². The lowest BCUT2D eigenvalue weighted by Gasteiger charge is -2.58. The summed E-state index contributed by atoms with van der Waals surface area (Å²) >= 11 is 13.6. The van der Waals surface area contributed by atoms with Gasteiger partial charge in [-0.15, -0.1) is 0 Å². The molecule has 0 radical (unpaired) electrons. The second-order valence-electron chi connectivity index (χ2n) is 14.5. The maximum Gasteiger partial charge on any atom is 0.245 e. The van der Waals surface area contributed by atoms with Crippen molar-refractivity contribution in [3.8, 4) is 11.1 Å². The number of nitrogen functional groups attached to an aromatic ring is 1. The molecule has 5 aliphatic heterocycles. The van der Waals surface area contributed by atoms with E-state index in [9.17, 15) is 4.79 Å². The van der Waals surface area contributed by atoms with E-state index < -0.39 is 0 Å². The highest BCUT2D eigenvalue weighted by molar-refractivity contribution is 6.44. The molecule has 1 saturated carbocycles. The largest absolute Gasteiger partial charge is 0.398 e. The number of benzene rings is 1. The number of likely N-dealkylation sites (tertiary alicyclic amines) is 1. The minimum atomic E-state index is -0.152. The van der Waals surface area contributed by atoms with Crippen LogP contribution in [0.15, 0.2) is 18.7 Å². The van der Waals surface area contributed by atoms with E-state index in [-0.39, 0.29) is 22.9 Å². The van der Waals surface area contributed by atoms with E-state index in [0.29, 0.717) is 45.0 Å². The summed E-state index contributed by atoms with van der Waals surface area (Å²) in [6.45, 7) is 16.0. The van der Waals surface area contributed by atoms with Gasteiger partial charge in [0, 0.05) is 90.9 Å². The Balaban J connectivity index is 1.21. The summed E-state index contributed by atoms with van der Waals surface area (Å²) in [6, 6.07) is 1.84. The van der Waals surface area contributed by atoms with Gasteiger partial charge in [0.1, 0.15) is 0 Å². The molecule has 236 valence electrons. The number of rotatable bonds is 7. The summed E-state index contributed by atoms with van der Waals surface area (Å²) in [5.74, 6) is 1.48. The Labute approximate surface area is 269 Å². The number of carbonyl (C=O) groups excluding carboxylic acids is 1. The summed E-state index contributed by atoms with van der Waals surface area (Å²) in [6.07, 6.45) is 8.78. The normalized spacial score (nSPS) is 27.4. The molecule has 6 aliphatic rings. The molecule has 9 nitrogen and oxygen atoms in total. The van der Waals surface area contributed by atoms with Gasteiger partial charge in [-0.1, -0.05) is 29.8 Å². The Morgan fingerprint density at radius 3 is 2.50 bits per heavy atom. The first-order valence-electron chi connectivity index (χ1n) is 15.9. The van der Waals surface area contributed by atoms with Crippen molar-refractivity contribution >= 4 is 46.8 Å². The first-order chi connectivity index (χ1) is 20.9. The summed E-state index contributed by atoms with van der Waals surface area (Å²) in [7, 11) is 0. The van der Waals surface area contributed by atoms with Gasteiger partial charge in [-0.25, -0.2) is 0 Å². The standard InChI is InChI=1S/C33H43Cl2N7O2/c1-5-27(43)40-17-33(18-40)11-21(12-33)42-19(2)28(29-24(13-36)26(37)9-25(34)30(29)35)31(38-42)41-7-6-20(10-32(41,3)4)14-39-15-22-8-23(16-39)44-22/h5,9,13,20-23,36H,1,6-8,10-12,14-18,37H2,2-4H3. The molecule has 2 aromatic rings. The van der Waals surface area contributed by atoms with Crippen LogP contribution in [0.5, 0.6) is 0 Å². The number of carbonyl (C=O) groups is 1. The topological polar surface area (TPSA) is 104 Å². The summed E-state index contributed by atoms with van der Waals surface area (Å²) in [4.78, 5) is 19.0. The molecular formula is C33H43Cl2N7O2. The number of aromatic nitrogens is 2. The van der Waals surface area contributed by atoms with Gasteiger partial charge < -0.3 is 25.7 Å². The van der Waals surface area contributed by atoms with Gasteiger partial charge in [0.25, 0.3) is 0 Å². The van der Waals surface area contributed by atoms with Gasteiger partial charge in [-0.2, -0.15) is 5.10 Å². The molecule has 1 spiro atoms. The Morgan fingerprint density at radius 2 is 1.89 bits per heavy atom. The average Bonchev–Trinajstić information content (AvgIpc) is 3.23. The van der Waals surface area contributed by atoms with Crippen LogP contribution in [-0.4, -0.2) is 88.7 Å². The van der Waals surface area contributed by atoms with Crippen molar-refractivity contribution in [2.75, 3.05) is 49.9 Å². The number of anilines is 2. The van der Waals surface area contributed by atoms with Crippen LogP contribution in [0.25, 0.3) is 11.1 Å². The second kappa shape index (κ2) is 10.7. The lowest BCUT2D eigenvalue weighted by molar-refractivity contribution is -0.182. The van der Waals surface area contributed by atoms with Crippen molar-refractivity contribution in [1.29, 1.82) is 5.41 Å². The Hall–Kier alpha value is -2.59. The van der Waals surface area contributed by atoms with Crippen molar-refractivity contribution in [2.45, 2.75) is 76.7 Å². The van der Waals surface area contributed by atoms with Crippen molar-refractivity contribution in [3.63, 3.8) is 0 Å². The van der Waals surface area contributed by atoms with Crippen LogP contribution in [0.1, 0.15) is 63.3 Å². The summed E-state index contributed by atoms with van der Waals surface area (Å²) in [5, 5.41) is 14.4. The molecule has 1 aromatic carbocycles. The minimum absolute atomic E-state index is 0.00216. The Bertz CT molecular complexity index is 1510. The van der Waals surface area contributed by atoms with Crippen LogP contribution in [-0.2, 0) is 9.53 Å². The fourth-order valence-electron chi connectivity index (χ4n) is 8.86. The van der Waals surface area contributed by atoms with Crippen molar-refractivity contribution < 1.29 is 9.53 Å². The molecule has 11 heteroatoms. The van der Waals surface area contributed by atoms with E-state index in [0.717, 1.165) is 82.0 Å². The molecular weight excluding hydrogens is 597 g/mol. The number of piperidine rings is 2. The van der Waals surface area contributed by atoms with Crippen LogP contribution in [0.3, 0.4) is 0 Å². The number of morpholine rings is 1. The van der Waals surface area contributed by atoms with Crippen LogP contribution in [0.2, 0.25) is 10.0 Å². The van der Waals surface area contributed by atoms with Gasteiger partial charge in [0.15, 0.2) is 5.82 Å². The molecule has 44 heavy (non-hydrogen) atoms. The number of ether oxygens (including phenoxy) is 1. The molecule has 2 bridgehead atoms. The fraction of sp³-hybridized carbons (Fsp3) is 0.606. The van der Waals surface area contributed by atoms with Crippen molar-refractivity contribution in [2.24, 2.45) is 11.3 Å². The highest BCUT2D eigenvalue weighted by Crippen LogP contribution is 2.56. The monoisotopic (exact) mass is 639 g/mol. The lowest BCUT2D eigenvalue weighted by atomic mass is 9.60. The summed E-state index contributed by atoms with van der Waals surface area (Å²) in [5.41, 5.74) is 9.98. The molecule has 3 N–H and O–H groups in total. The number of hydrogen-bond acceptors (Lipinski definition) is 7. The fourth-order valence-corrected chi connectivity index (χ4v) is 9.32. The summed E-state index contributed by atoms with van der Waals surface area (Å²) < 4.78 is 8.04. The third kappa shape index (κ3) is 4.86. The molecule has 3 atom stereocenters. The third-order valence-electron chi connectivity index (χ3n) is 10.9. The Morgan fingerprint density at radius 1 is 1.20 bits per heavy atom. The van der Waals surface area contributed by atoms with Gasteiger partial charge in [-0.05, 0) is 64.5 Å². The molecule has 3 unspecified atom stereocenters. The molecule has 1 aliphatic carbocycles. The van der Waals surface area contributed by atoms with Crippen LogP contribution < -0.4 is 10.6 Å². The zero-order valence-corrected chi connectivity index (χ0v) is 27.4. The number of nitrogens with two attached hydrogens (primary N) is 1. The molecule has 5 saturated heterocycles. The Kier molecular flexibility index (Phi) is 7.35. The van der Waals surface area contributed by atoms with E-state index >= 15 is 0 Å². The number of hydrogen-bond donors (Lipinski definition) is 2. The van der Waals surface area contributed by atoms with Crippen LogP contribution in [0, 0.1) is 23.7 Å². The maximum atomic E-state index is 12.1. The number of fused-ring (bicyclic) bond motifs is 2. The molecule has 6 heterocycles. The van der Waals surface area contributed by atoms with Crippen LogP contribution in [0.4, 0.5) is 11.5 Å². The number of nitrogens with one attached hydrogen (secondary N) is 1. The smallest absolute Gasteiger partial charge is 0.245 e. The molecule has 6 fully saturated rings. The minimum Gasteiger partial charge on any atom is -0.398 e.